The monoisotopic (exact) mass is 684 g/mol. The average molecular weight is 685 g/mol. The number of hydrogen-bond donors (Lipinski definition) is 1. The fourth-order valence-corrected chi connectivity index (χ4v) is 5.94. The van der Waals surface area contributed by atoms with Crippen molar-refractivity contribution in [2.24, 2.45) is 0 Å². The Morgan fingerprint density at radius 2 is 0.980 bits per heavy atom. The minimum absolute atomic E-state index is 0.133. The third-order valence-corrected chi connectivity index (χ3v) is 8.91. The van der Waals surface area contributed by atoms with Crippen molar-refractivity contribution in [1.29, 1.82) is 0 Å². The van der Waals surface area contributed by atoms with Gasteiger partial charge in [0.15, 0.2) is 0 Å². The molecule has 1 amide bonds. The molecule has 1 N–H and O–H groups in total. The van der Waals surface area contributed by atoms with Crippen LogP contribution in [-0.4, -0.2) is 37.5 Å². The third-order valence-electron chi connectivity index (χ3n) is 8.91. The van der Waals surface area contributed by atoms with Crippen LogP contribution in [0.3, 0.4) is 0 Å². The smallest absolute Gasteiger partial charge is 0.325 e. The molecule has 0 aromatic heterocycles. The second-order valence-electron chi connectivity index (χ2n) is 13.3. The Kier molecular flexibility index (Phi) is 20.8. The Morgan fingerprint density at radius 1 is 0.540 bits per heavy atom. The number of amides is 1. The van der Waals surface area contributed by atoms with E-state index >= 15 is 0 Å². The van der Waals surface area contributed by atoms with Crippen LogP contribution < -0.4 is 10.2 Å². The van der Waals surface area contributed by atoms with Crippen molar-refractivity contribution < 1.29 is 23.9 Å². The van der Waals surface area contributed by atoms with Crippen molar-refractivity contribution in [2.75, 3.05) is 24.5 Å². The number of esters is 2. The van der Waals surface area contributed by atoms with Crippen LogP contribution in [0, 0.1) is 0 Å². The van der Waals surface area contributed by atoms with Crippen LogP contribution in [0.15, 0.2) is 84.9 Å². The highest BCUT2D eigenvalue weighted by atomic mass is 16.5. The van der Waals surface area contributed by atoms with Gasteiger partial charge < -0.3 is 19.7 Å². The van der Waals surface area contributed by atoms with Crippen LogP contribution in [0.2, 0.25) is 0 Å². The molecule has 0 heterocycles. The summed E-state index contributed by atoms with van der Waals surface area (Å²) in [6.45, 7) is 2.81. The van der Waals surface area contributed by atoms with Gasteiger partial charge in [-0.15, -0.1) is 0 Å². The lowest BCUT2D eigenvalue weighted by Crippen LogP contribution is -2.36. The van der Waals surface area contributed by atoms with Gasteiger partial charge in [-0.3, -0.25) is 14.4 Å². The summed E-state index contributed by atoms with van der Waals surface area (Å²) in [5.41, 5.74) is 2.78. The summed E-state index contributed by atoms with van der Waals surface area (Å²) >= 11 is 0. The van der Waals surface area contributed by atoms with Crippen molar-refractivity contribution >= 4 is 23.5 Å². The maximum Gasteiger partial charge on any atom is 0.325 e. The molecule has 3 rings (SSSR count). The number of carbonyl (C=O) groups excluding carboxylic acids is 3. The molecule has 3 aromatic rings. The van der Waals surface area contributed by atoms with Gasteiger partial charge >= 0.3 is 11.9 Å². The van der Waals surface area contributed by atoms with E-state index in [9.17, 15) is 14.4 Å². The molecule has 0 spiro atoms. The Hall–Kier alpha value is -4.13. The number of benzene rings is 3. The Labute approximate surface area is 301 Å². The summed E-state index contributed by atoms with van der Waals surface area (Å²) < 4.78 is 11.0. The second kappa shape index (κ2) is 25.8. The predicted molar refractivity (Wildman–Crippen MR) is 203 cm³/mol. The molecule has 3 aromatic carbocycles. The standard InChI is InChI=1S/C43H60N2O5/c1-2-3-4-5-6-7-8-9-10-11-12-13-14-15-16-23-31-44-43(48)39-29-24-30-40(32-39)45(33-41(46)49-35-37-25-19-17-20-26-37)34-42(47)50-36-38-27-21-18-22-28-38/h17-22,24-30,32H,2-16,23,31,33-36H2,1H3,(H,44,48). The first-order valence-corrected chi connectivity index (χ1v) is 19.1. The number of rotatable bonds is 27. The molecular weight excluding hydrogens is 624 g/mol. The van der Waals surface area contributed by atoms with Gasteiger partial charge in [0.25, 0.3) is 5.91 Å². The second-order valence-corrected chi connectivity index (χ2v) is 13.3. The summed E-state index contributed by atoms with van der Waals surface area (Å²) in [5, 5.41) is 3.03. The van der Waals surface area contributed by atoms with Gasteiger partial charge in [0.2, 0.25) is 0 Å². The Bertz CT molecular complexity index is 1290. The molecule has 7 nitrogen and oxygen atoms in total. The number of anilines is 1. The summed E-state index contributed by atoms with van der Waals surface area (Å²) in [6.07, 6.45) is 21.0. The fourth-order valence-electron chi connectivity index (χ4n) is 5.94. The number of ether oxygens (including phenoxy) is 2. The average Bonchev–Trinajstić information content (AvgIpc) is 3.15. The Balaban J connectivity index is 1.37. The molecule has 0 aliphatic heterocycles. The van der Waals surface area contributed by atoms with Crippen molar-refractivity contribution in [3.63, 3.8) is 0 Å². The van der Waals surface area contributed by atoms with Crippen molar-refractivity contribution in [3.8, 4) is 0 Å². The summed E-state index contributed by atoms with van der Waals surface area (Å²) in [5.74, 6) is -1.14. The minimum atomic E-state index is -0.483. The molecule has 0 unspecified atom stereocenters. The summed E-state index contributed by atoms with van der Waals surface area (Å²) in [7, 11) is 0. The summed E-state index contributed by atoms with van der Waals surface area (Å²) in [4.78, 5) is 40.4. The highest BCUT2D eigenvalue weighted by molar-refractivity contribution is 5.95. The molecule has 0 radical (unpaired) electrons. The SMILES string of the molecule is CCCCCCCCCCCCCCCCCCNC(=O)c1cccc(N(CC(=O)OCc2ccccc2)CC(=O)OCc2ccccc2)c1. The fraction of sp³-hybridized carbons (Fsp3) is 0.512. The maximum atomic E-state index is 13.0. The first-order chi connectivity index (χ1) is 24.5. The number of hydrogen-bond acceptors (Lipinski definition) is 6. The molecule has 272 valence electrons. The number of carbonyl (C=O) groups is 3. The van der Waals surface area contributed by atoms with Crippen molar-refractivity contribution in [2.45, 2.75) is 123 Å². The van der Waals surface area contributed by atoms with Gasteiger partial charge in [0, 0.05) is 17.8 Å². The van der Waals surface area contributed by atoms with Crippen LogP contribution >= 0.6 is 0 Å². The molecule has 0 aliphatic rings. The van der Waals surface area contributed by atoms with Gasteiger partial charge in [-0.05, 0) is 35.7 Å². The topological polar surface area (TPSA) is 84.9 Å². The van der Waals surface area contributed by atoms with E-state index in [4.69, 9.17) is 9.47 Å². The molecule has 7 heteroatoms. The predicted octanol–water partition coefficient (Wildman–Crippen LogP) is 9.97. The first kappa shape index (κ1) is 40.3. The van der Waals surface area contributed by atoms with Crippen LogP contribution in [0.5, 0.6) is 0 Å². The van der Waals surface area contributed by atoms with Gasteiger partial charge in [0.05, 0.1) is 0 Å². The van der Waals surface area contributed by atoms with E-state index in [1.165, 1.54) is 89.9 Å². The molecule has 50 heavy (non-hydrogen) atoms. The molecule has 0 atom stereocenters. The molecular formula is C43H60N2O5. The zero-order chi connectivity index (χ0) is 35.5. The van der Waals surface area contributed by atoms with Crippen LogP contribution in [0.4, 0.5) is 5.69 Å². The maximum absolute atomic E-state index is 13.0. The normalized spacial score (nSPS) is 10.8. The number of unbranched alkanes of at least 4 members (excludes halogenated alkanes) is 15. The quantitative estimate of drug-likeness (QED) is 0.0636. The van der Waals surface area contributed by atoms with E-state index in [2.05, 4.69) is 12.2 Å². The molecule has 0 saturated carbocycles. The van der Waals surface area contributed by atoms with Gasteiger partial charge in [0.1, 0.15) is 26.3 Å². The van der Waals surface area contributed by atoms with Crippen LogP contribution in [0.1, 0.15) is 131 Å². The van der Waals surface area contributed by atoms with E-state index in [0.29, 0.717) is 17.8 Å². The number of nitrogens with zero attached hydrogens (tertiary/aromatic N) is 1. The highest BCUT2D eigenvalue weighted by Gasteiger charge is 2.19. The highest BCUT2D eigenvalue weighted by Crippen LogP contribution is 2.18. The number of nitrogens with one attached hydrogen (secondary N) is 1. The van der Waals surface area contributed by atoms with Gasteiger partial charge in [-0.25, -0.2) is 0 Å². The van der Waals surface area contributed by atoms with E-state index in [1.54, 1.807) is 29.2 Å². The van der Waals surface area contributed by atoms with Crippen LogP contribution in [0.25, 0.3) is 0 Å². The largest absolute Gasteiger partial charge is 0.459 e. The van der Waals surface area contributed by atoms with E-state index in [-0.39, 0.29) is 32.2 Å². The molecule has 0 aliphatic carbocycles. The lowest BCUT2D eigenvalue weighted by Gasteiger charge is -2.23. The van der Waals surface area contributed by atoms with Crippen LogP contribution in [-0.2, 0) is 32.3 Å². The summed E-state index contributed by atoms with van der Waals surface area (Å²) in [6, 6.07) is 25.9. The molecule has 0 fully saturated rings. The zero-order valence-electron chi connectivity index (χ0n) is 30.4. The third kappa shape index (κ3) is 18.0. The zero-order valence-corrected chi connectivity index (χ0v) is 30.4. The first-order valence-electron chi connectivity index (χ1n) is 19.1. The lowest BCUT2D eigenvalue weighted by molar-refractivity contribution is -0.144. The molecule has 0 saturated heterocycles. The molecule has 0 bridgehead atoms. The van der Waals surface area contributed by atoms with Crippen molar-refractivity contribution in [3.05, 3.63) is 102 Å². The van der Waals surface area contributed by atoms with E-state index in [1.807, 2.05) is 60.7 Å². The minimum Gasteiger partial charge on any atom is -0.459 e. The van der Waals surface area contributed by atoms with Crippen molar-refractivity contribution in [1.82, 2.24) is 5.32 Å². The van der Waals surface area contributed by atoms with Gasteiger partial charge in [-0.2, -0.15) is 0 Å². The Morgan fingerprint density at radius 3 is 1.44 bits per heavy atom. The van der Waals surface area contributed by atoms with E-state index < -0.39 is 11.9 Å². The van der Waals surface area contributed by atoms with Gasteiger partial charge in [-0.1, -0.05) is 170 Å². The lowest BCUT2D eigenvalue weighted by atomic mass is 10.0. The van der Waals surface area contributed by atoms with E-state index in [0.717, 1.165) is 24.0 Å².